The topological polar surface area (TPSA) is 41.6 Å². The molecule has 0 atom stereocenters. The Balaban J connectivity index is 2.08. The first-order valence-electron chi connectivity index (χ1n) is 5.55. The second kappa shape index (κ2) is 3.94. The van der Waals surface area contributed by atoms with Gasteiger partial charge in [0.15, 0.2) is 0 Å². The van der Waals surface area contributed by atoms with Crippen LogP contribution in [-0.4, -0.2) is 9.55 Å². The molecule has 3 nitrogen and oxygen atoms in total. The Hall–Kier alpha value is -2.29. The van der Waals surface area contributed by atoms with Crippen molar-refractivity contribution in [1.82, 2.24) is 15.3 Å². The van der Waals surface area contributed by atoms with E-state index in [0.29, 0.717) is 12.5 Å². The van der Waals surface area contributed by atoms with Gasteiger partial charge in [0, 0.05) is 0 Å². The lowest BCUT2D eigenvalue weighted by Gasteiger charge is -2.05. The van der Waals surface area contributed by atoms with Crippen molar-refractivity contribution in [1.29, 1.82) is 0 Å². The van der Waals surface area contributed by atoms with Crippen molar-refractivity contribution in [2.45, 2.75) is 6.54 Å². The molecule has 0 spiro atoms. The number of hydrogen-bond acceptors (Lipinski definition) is 1. The maximum Gasteiger partial charge on any atom is 0.223 e. The first kappa shape index (κ1) is 9.90. The molecule has 0 bridgehead atoms. The third-order valence-corrected chi connectivity index (χ3v) is 2.84. The Morgan fingerprint density at radius 1 is 0.941 bits per heavy atom. The van der Waals surface area contributed by atoms with Crippen molar-refractivity contribution in [3.8, 4) is 0 Å². The van der Waals surface area contributed by atoms with Crippen LogP contribution in [0, 0.1) is 0 Å². The van der Waals surface area contributed by atoms with Crippen molar-refractivity contribution < 1.29 is 0 Å². The predicted octanol–water partition coefficient (Wildman–Crippen LogP) is 3.00. The number of nitrogens with one attached hydrogen (secondary N) is 1. The molecule has 3 aromatic rings. The van der Waals surface area contributed by atoms with Crippen molar-refractivity contribution in [3.63, 3.8) is 0 Å². The van der Waals surface area contributed by atoms with E-state index in [1.165, 1.54) is 5.56 Å². The fourth-order valence-electron chi connectivity index (χ4n) is 2.00. The van der Waals surface area contributed by atoms with E-state index < -0.39 is 0 Å². The molecule has 0 saturated carbocycles. The molecule has 1 radical (unpaired) electrons. The summed E-state index contributed by atoms with van der Waals surface area (Å²) in [5, 5.41) is 0. The van der Waals surface area contributed by atoms with Gasteiger partial charge in [-0.05, 0) is 17.7 Å². The Kier molecular flexibility index (Phi) is 2.29. The Bertz CT molecular complexity index is 641. The molecule has 0 aliphatic rings. The Morgan fingerprint density at radius 3 is 2.47 bits per heavy atom. The van der Waals surface area contributed by atoms with E-state index in [-0.39, 0.29) is 0 Å². The molecule has 0 aliphatic heterocycles. The highest BCUT2D eigenvalue weighted by Gasteiger charge is 2.07. The van der Waals surface area contributed by atoms with Gasteiger partial charge in [-0.1, -0.05) is 42.5 Å². The lowest BCUT2D eigenvalue weighted by atomic mass is 10.2. The number of rotatable bonds is 2. The first-order chi connectivity index (χ1) is 8.34. The van der Waals surface area contributed by atoms with Crippen LogP contribution in [-0.2, 0) is 6.54 Å². The Morgan fingerprint density at radius 2 is 1.65 bits per heavy atom. The molecule has 17 heavy (non-hydrogen) atoms. The van der Waals surface area contributed by atoms with E-state index in [1.807, 2.05) is 47.0 Å². The molecule has 1 heterocycles. The smallest absolute Gasteiger partial charge is 0.223 e. The van der Waals surface area contributed by atoms with E-state index in [0.717, 1.165) is 11.0 Å². The van der Waals surface area contributed by atoms with Crippen LogP contribution >= 0.6 is 0 Å². The van der Waals surface area contributed by atoms with Crippen molar-refractivity contribution >= 4 is 17.0 Å². The molecule has 2 aromatic carbocycles. The van der Waals surface area contributed by atoms with Crippen molar-refractivity contribution in [2.24, 2.45) is 0 Å². The summed E-state index contributed by atoms with van der Waals surface area (Å²) < 4.78 is 1.92. The normalized spacial score (nSPS) is 10.8. The van der Waals surface area contributed by atoms with Crippen LogP contribution in [0.1, 0.15) is 5.56 Å². The van der Waals surface area contributed by atoms with Gasteiger partial charge in [-0.3, -0.25) is 5.73 Å². The number of aromatic nitrogens is 2. The largest absolute Gasteiger partial charge is 0.304 e. The summed E-state index contributed by atoms with van der Waals surface area (Å²) in [6.45, 7) is 0.695. The van der Waals surface area contributed by atoms with E-state index in [4.69, 9.17) is 5.73 Å². The minimum atomic E-state index is 0.315. The summed E-state index contributed by atoms with van der Waals surface area (Å²) >= 11 is 0. The number of para-hydroxylation sites is 2. The van der Waals surface area contributed by atoms with Gasteiger partial charge in [0.05, 0.1) is 17.6 Å². The molecule has 3 rings (SSSR count). The summed E-state index contributed by atoms with van der Waals surface area (Å²) in [6.07, 6.45) is 0. The van der Waals surface area contributed by atoms with Crippen molar-refractivity contribution in [2.75, 3.05) is 0 Å². The lowest BCUT2D eigenvalue weighted by molar-refractivity contribution is 0.821. The minimum absolute atomic E-state index is 0.315. The molecule has 0 fully saturated rings. The van der Waals surface area contributed by atoms with Crippen LogP contribution in [0.4, 0.5) is 5.95 Å². The summed E-state index contributed by atoms with van der Waals surface area (Å²) in [7, 11) is 0. The van der Waals surface area contributed by atoms with E-state index >= 15 is 0 Å². The van der Waals surface area contributed by atoms with Gasteiger partial charge in [0.25, 0.3) is 0 Å². The highest BCUT2D eigenvalue weighted by molar-refractivity contribution is 5.77. The molecule has 0 saturated heterocycles. The fraction of sp³-hybridized carbons (Fsp3) is 0.0714. The lowest BCUT2D eigenvalue weighted by Crippen LogP contribution is -1.99. The maximum absolute atomic E-state index is 7.90. The van der Waals surface area contributed by atoms with Crippen molar-refractivity contribution in [3.05, 3.63) is 60.2 Å². The monoisotopic (exact) mass is 222 g/mol. The van der Waals surface area contributed by atoms with Crippen LogP contribution in [0.2, 0.25) is 0 Å². The molecular formula is C14H12N3. The highest BCUT2D eigenvalue weighted by atomic mass is 15.1. The van der Waals surface area contributed by atoms with E-state index in [1.54, 1.807) is 0 Å². The minimum Gasteiger partial charge on any atom is -0.304 e. The predicted molar refractivity (Wildman–Crippen MR) is 68.0 cm³/mol. The summed E-state index contributed by atoms with van der Waals surface area (Å²) in [6, 6.07) is 18.0. The molecule has 0 unspecified atom stereocenters. The zero-order chi connectivity index (χ0) is 11.7. The standard InChI is InChI=1S/C14H12N3/c15-14-16-12-8-4-5-9-13(12)17(14)10-11-6-2-1-3-7-11/h1-9,15H,10H2. The van der Waals surface area contributed by atoms with Gasteiger partial charge in [-0.25, -0.2) is 4.98 Å². The van der Waals surface area contributed by atoms with Gasteiger partial charge < -0.3 is 4.57 Å². The molecule has 1 N–H and O–H groups in total. The average Bonchev–Trinajstić information content (AvgIpc) is 2.68. The number of hydrogen-bond donors (Lipinski definition) is 0. The second-order valence-corrected chi connectivity index (χ2v) is 4.00. The van der Waals surface area contributed by atoms with Crippen LogP contribution in [0.5, 0.6) is 0 Å². The van der Waals surface area contributed by atoms with Crippen LogP contribution < -0.4 is 5.73 Å². The third-order valence-electron chi connectivity index (χ3n) is 2.84. The zero-order valence-electron chi connectivity index (χ0n) is 9.30. The van der Waals surface area contributed by atoms with Crippen LogP contribution in [0.3, 0.4) is 0 Å². The number of imidazole rings is 1. The summed E-state index contributed by atoms with van der Waals surface area (Å²) in [5.74, 6) is 0.315. The zero-order valence-corrected chi connectivity index (χ0v) is 9.30. The maximum atomic E-state index is 7.90. The average molecular weight is 222 g/mol. The number of fused-ring (bicyclic) bond motifs is 1. The SMILES string of the molecule is [NH]c1nc2ccccc2n1Cc1ccccc1. The van der Waals surface area contributed by atoms with Gasteiger partial charge in [-0.15, -0.1) is 0 Å². The highest BCUT2D eigenvalue weighted by Crippen LogP contribution is 2.19. The molecular weight excluding hydrogens is 210 g/mol. The van der Waals surface area contributed by atoms with E-state index in [9.17, 15) is 0 Å². The van der Waals surface area contributed by atoms with Crippen LogP contribution in [0.15, 0.2) is 54.6 Å². The molecule has 0 amide bonds. The Labute approximate surface area is 99.5 Å². The second-order valence-electron chi connectivity index (χ2n) is 4.00. The molecule has 83 valence electrons. The van der Waals surface area contributed by atoms with Gasteiger partial charge in [0.1, 0.15) is 0 Å². The summed E-state index contributed by atoms with van der Waals surface area (Å²) in [4.78, 5) is 4.24. The van der Waals surface area contributed by atoms with Gasteiger partial charge in [0.2, 0.25) is 5.95 Å². The van der Waals surface area contributed by atoms with Crippen LogP contribution in [0.25, 0.3) is 11.0 Å². The number of benzene rings is 2. The molecule has 1 aromatic heterocycles. The first-order valence-corrected chi connectivity index (χ1v) is 5.55. The number of nitrogens with zero attached hydrogens (tertiary/aromatic N) is 2. The molecule has 3 heteroatoms. The third kappa shape index (κ3) is 1.76. The quantitative estimate of drug-likeness (QED) is 0.657. The van der Waals surface area contributed by atoms with Gasteiger partial charge in [-0.2, -0.15) is 0 Å². The van der Waals surface area contributed by atoms with Gasteiger partial charge >= 0.3 is 0 Å². The molecule has 0 aliphatic carbocycles. The fourth-order valence-corrected chi connectivity index (χ4v) is 2.00. The van der Waals surface area contributed by atoms with E-state index in [2.05, 4.69) is 17.1 Å². The summed E-state index contributed by atoms with van der Waals surface area (Å²) in [5.41, 5.74) is 11.0.